The zero-order valence-corrected chi connectivity index (χ0v) is 9.82. The smallest absolute Gasteiger partial charge is 0.326 e. The summed E-state index contributed by atoms with van der Waals surface area (Å²) in [6.45, 7) is 0.307. The topological polar surface area (TPSA) is 98.7 Å². The van der Waals surface area contributed by atoms with Gasteiger partial charge in [0.25, 0.3) is 0 Å². The van der Waals surface area contributed by atoms with E-state index in [1.54, 1.807) is 0 Å². The van der Waals surface area contributed by atoms with Gasteiger partial charge in [0.05, 0.1) is 0 Å². The SMILES string of the molecule is O=C(NCCC1CCC1)NC(CCO)C(=O)O. The Kier molecular flexibility index (Phi) is 5.76. The number of aliphatic hydroxyl groups excluding tert-OH is 1. The normalized spacial score (nSPS) is 17.0. The number of carboxylic acids is 1. The van der Waals surface area contributed by atoms with Crippen LogP contribution in [0.2, 0.25) is 0 Å². The van der Waals surface area contributed by atoms with Crippen molar-refractivity contribution in [1.82, 2.24) is 10.6 Å². The van der Waals surface area contributed by atoms with E-state index in [4.69, 9.17) is 10.2 Å². The number of hydrogen-bond donors (Lipinski definition) is 4. The second kappa shape index (κ2) is 7.11. The first-order valence-electron chi connectivity index (χ1n) is 6.01. The van der Waals surface area contributed by atoms with Crippen molar-refractivity contribution in [2.75, 3.05) is 13.2 Å². The molecule has 1 aliphatic carbocycles. The van der Waals surface area contributed by atoms with Gasteiger partial charge in [-0.05, 0) is 12.3 Å². The van der Waals surface area contributed by atoms with E-state index in [-0.39, 0.29) is 13.0 Å². The predicted molar refractivity (Wildman–Crippen MR) is 61.6 cm³/mol. The fraction of sp³-hybridized carbons (Fsp3) is 0.818. The maximum absolute atomic E-state index is 11.4. The highest BCUT2D eigenvalue weighted by Gasteiger charge is 2.20. The molecule has 0 saturated heterocycles. The lowest BCUT2D eigenvalue weighted by Crippen LogP contribution is -2.46. The molecule has 1 aliphatic rings. The van der Waals surface area contributed by atoms with Crippen LogP contribution in [-0.2, 0) is 4.79 Å². The lowest BCUT2D eigenvalue weighted by Gasteiger charge is -2.25. The lowest BCUT2D eigenvalue weighted by atomic mass is 9.83. The van der Waals surface area contributed by atoms with Crippen LogP contribution in [0.1, 0.15) is 32.1 Å². The van der Waals surface area contributed by atoms with Gasteiger partial charge in [-0.1, -0.05) is 19.3 Å². The molecule has 2 amide bonds. The van der Waals surface area contributed by atoms with Crippen molar-refractivity contribution in [2.45, 2.75) is 38.1 Å². The van der Waals surface area contributed by atoms with Gasteiger partial charge in [-0.3, -0.25) is 0 Å². The van der Waals surface area contributed by atoms with E-state index in [0.717, 1.165) is 6.42 Å². The summed E-state index contributed by atoms with van der Waals surface area (Å²) in [6, 6.07) is -1.51. The van der Waals surface area contributed by atoms with E-state index < -0.39 is 18.0 Å². The van der Waals surface area contributed by atoms with Gasteiger partial charge in [-0.15, -0.1) is 0 Å². The van der Waals surface area contributed by atoms with Crippen LogP contribution in [-0.4, -0.2) is 41.4 Å². The first-order chi connectivity index (χ1) is 8.13. The van der Waals surface area contributed by atoms with E-state index in [2.05, 4.69) is 10.6 Å². The van der Waals surface area contributed by atoms with E-state index in [9.17, 15) is 9.59 Å². The molecule has 6 nitrogen and oxygen atoms in total. The summed E-state index contributed by atoms with van der Waals surface area (Å²) in [5.74, 6) is -0.420. The van der Waals surface area contributed by atoms with Crippen LogP contribution in [0.15, 0.2) is 0 Å². The average molecular weight is 244 g/mol. The molecule has 17 heavy (non-hydrogen) atoms. The Morgan fingerprint density at radius 3 is 2.53 bits per heavy atom. The molecule has 1 atom stereocenters. The summed E-state index contributed by atoms with van der Waals surface area (Å²) in [5, 5.41) is 22.4. The summed E-state index contributed by atoms with van der Waals surface area (Å²) in [4.78, 5) is 22.1. The molecule has 1 fully saturated rings. The van der Waals surface area contributed by atoms with E-state index >= 15 is 0 Å². The Hall–Kier alpha value is -1.30. The van der Waals surface area contributed by atoms with Gasteiger partial charge in [0, 0.05) is 19.6 Å². The van der Waals surface area contributed by atoms with Crippen LogP contribution >= 0.6 is 0 Å². The third-order valence-corrected chi connectivity index (χ3v) is 3.08. The minimum absolute atomic E-state index is 0.0192. The van der Waals surface area contributed by atoms with Gasteiger partial charge in [-0.2, -0.15) is 0 Å². The molecule has 0 aromatic heterocycles. The molecule has 1 saturated carbocycles. The average Bonchev–Trinajstić information content (AvgIpc) is 2.21. The summed E-state index contributed by atoms with van der Waals surface area (Å²) in [6.07, 6.45) is 4.70. The van der Waals surface area contributed by atoms with Gasteiger partial charge in [0.2, 0.25) is 0 Å². The fourth-order valence-corrected chi connectivity index (χ4v) is 1.77. The van der Waals surface area contributed by atoms with Crippen molar-refractivity contribution < 1.29 is 19.8 Å². The lowest BCUT2D eigenvalue weighted by molar-refractivity contribution is -0.139. The number of urea groups is 1. The highest BCUT2D eigenvalue weighted by Crippen LogP contribution is 2.28. The number of aliphatic hydroxyl groups is 1. The molecular weight excluding hydrogens is 224 g/mol. The monoisotopic (exact) mass is 244 g/mol. The van der Waals surface area contributed by atoms with Crippen LogP contribution in [0.4, 0.5) is 4.79 Å². The van der Waals surface area contributed by atoms with Crippen LogP contribution < -0.4 is 10.6 Å². The second-order valence-corrected chi connectivity index (χ2v) is 4.39. The van der Waals surface area contributed by atoms with Crippen LogP contribution in [0.3, 0.4) is 0 Å². The highest BCUT2D eigenvalue weighted by molar-refractivity contribution is 5.82. The first kappa shape index (κ1) is 13.8. The molecule has 0 bridgehead atoms. The molecule has 98 valence electrons. The quantitative estimate of drug-likeness (QED) is 0.518. The van der Waals surface area contributed by atoms with Gasteiger partial charge in [0.15, 0.2) is 0 Å². The largest absolute Gasteiger partial charge is 0.480 e. The molecule has 1 unspecified atom stereocenters. The van der Waals surface area contributed by atoms with Crippen molar-refractivity contribution in [3.63, 3.8) is 0 Å². The molecule has 0 aliphatic heterocycles. The first-order valence-corrected chi connectivity index (χ1v) is 6.01. The van der Waals surface area contributed by atoms with Crippen molar-refractivity contribution in [3.8, 4) is 0 Å². The summed E-state index contributed by atoms with van der Waals surface area (Å²) < 4.78 is 0. The number of carboxylic acid groups (broad SMARTS) is 1. The molecule has 6 heteroatoms. The third-order valence-electron chi connectivity index (χ3n) is 3.08. The maximum Gasteiger partial charge on any atom is 0.326 e. The Bertz CT molecular complexity index is 266. The summed E-state index contributed by atoms with van der Waals surface area (Å²) in [7, 11) is 0. The number of amides is 2. The van der Waals surface area contributed by atoms with Crippen LogP contribution in [0.5, 0.6) is 0 Å². The standard InChI is InChI=1S/C11H20N2O4/c14-7-5-9(10(15)16)13-11(17)12-6-4-8-2-1-3-8/h8-9,14H,1-7H2,(H,15,16)(H2,12,13,17). The molecular formula is C11H20N2O4. The van der Waals surface area contributed by atoms with Crippen molar-refractivity contribution >= 4 is 12.0 Å². The van der Waals surface area contributed by atoms with Gasteiger partial charge in [0.1, 0.15) is 6.04 Å². The molecule has 0 spiro atoms. The van der Waals surface area contributed by atoms with E-state index in [0.29, 0.717) is 12.5 Å². The zero-order valence-electron chi connectivity index (χ0n) is 9.82. The number of nitrogens with one attached hydrogen (secondary N) is 2. The van der Waals surface area contributed by atoms with E-state index in [1.807, 2.05) is 0 Å². The number of carbonyl (C=O) groups is 2. The Morgan fingerprint density at radius 2 is 2.06 bits per heavy atom. The number of aliphatic carboxylic acids is 1. The van der Waals surface area contributed by atoms with Gasteiger partial charge < -0.3 is 20.8 Å². The molecule has 0 aromatic rings. The Balaban J connectivity index is 2.14. The second-order valence-electron chi connectivity index (χ2n) is 4.39. The molecule has 4 N–H and O–H groups in total. The van der Waals surface area contributed by atoms with Crippen LogP contribution in [0, 0.1) is 5.92 Å². The van der Waals surface area contributed by atoms with Crippen molar-refractivity contribution in [2.24, 2.45) is 5.92 Å². The fourth-order valence-electron chi connectivity index (χ4n) is 1.77. The number of rotatable bonds is 7. The number of hydrogen-bond acceptors (Lipinski definition) is 3. The Morgan fingerprint density at radius 1 is 1.35 bits per heavy atom. The predicted octanol–water partition coefficient (Wildman–Crippen LogP) is 0.311. The van der Waals surface area contributed by atoms with Crippen LogP contribution in [0.25, 0.3) is 0 Å². The molecule has 0 aromatic carbocycles. The summed E-state index contributed by atoms with van der Waals surface area (Å²) in [5.41, 5.74) is 0. The molecule has 1 rings (SSSR count). The van der Waals surface area contributed by atoms with Gasteiger partial charge in [-0.25, -0.2) is 9.59 Å². The van der Waals surface area contributed by atoms with Crippen molar-refractivity contribution in [1.29, 1.82) is 0 Å². The highest BCUT2D eigenvalue weighted by atomic mass is 16.4. The van der Waals surface area contributed by atoms with Gasteiger partial charge >= 0.3 is 12.0 Å². The third kappa shape index (κ3) is 5.04. The minimum Gasteiger partial charge on any atom is -0.480 e. The van der Waals surface area contributed by atoms with E-state index in [1.165, 1.54) is 19.3 Å². The van der Waals surface area contributed by atoms with Crippen molar-refractivity contribution in [3.05, 3.63) is 0 Å². The molecule has 0 radical (unpaired) electrons. The Labute approximate surface area is 100 Å². The minimum atomic E-state index is -1.13. The number of carbonyl (C=O) groups excluding carboxylic acids is 1. The maximum atomic E-state index is 11.4. The summed E-state index contributed by atoms with van der Waals surface area (Å²) >= 11 is 0. The zero-order chi connectivity index (χ0) is 12.7. The molecule has 0 heterocycles.